The Morgan fingerprint density at radius 2 is 1.40 bits per heavy atom. The summed E-state index contributed by atoms with van der Waals surface area (Å²) < 4.78 is 5.45. The van der Waals surface area contributed by atoms with E-state index >= 15 is 0 Å². The van der Waals surface area contributed by atoms with Crippen molar-refractivity contribution in [2.75, 3.05) is 0 Å². The Balaban J connectivity index is 1.93. The predicted molar refractivity (Wildman–Crippen MR) is 74.1 cm³/mol. The summed E-state index contributed by atoms with van der Waals surface area (Å²) in [6.07, 6.45) is 1.52. The average Bonchev–Trinajstić information content (AvgIpc) is 3.01. The standard InChI is InChI=1S/C17H10O3/c18-16-11-6-1-2-7-12(11)17(19)15(16)13-9-20-14-8-4-3-5-10(13)14/h1-9,15H. The third-order valence-corrected chi connectivity index (χ3v) is 3.80. The van der Waals surface area contributed by atoms with Gasteiger partial charge in [0.25, 0.3) is 0 Å². The van der Waals surface area contributed by atoms with Crippen molar-refractivity contribution in [3.8, 4) is 0 Å². The topological polar surface area (TPSA) is 47.3 Å². The Bertz CT molecular complexity index is 822. The molecule has 0 bridgehead atoms. The number of Topliss-reactive ketones (excluding diaryl/α,β-unsaturated/α-hetero) is 2. The minimum Gasteiger partial charge on any atom is -0.464 e. The fourth-order valence-electron chi connectivity index (χ4n) is 2.85. The first-order valence-corrected chi connectivity index (χ1v) is 6.41. The zero-order chi connectivity index (χ0) is 13.7. The summed E-state index contributed by atoms with van der Waals surface area (Å²) in [6, 6.07) is 14.4. The number of furan rings is 1. The van der Waals surface area contributed by atoms with Crippen LogP contribution in [0.4, 0.5) is 0 Å². The highest BCUT2D eigenvalue weighted by Crippen LogP contribution is 2.37. The zero-order valence-corrected chi connectivity index (χ0v) is 10.5. The molecule has 0 saturated heterocycles. The molecular weight excluding hydrogens is 252 g/mol. The van der Waals surface area contributed by atoms with Crippen molar-refractivity contribution < 1.29 is 14.0 Å². The number of benzene rings is 2. The Morgan fingerprint density at radius 3 is 2.10 bits per heavy atom. The summed E-state index contributed by atoms with van der Waals surface area (Å²) in [5, 5.41) is 0.826. The zero-order valence-electron chi connectivity index (χ0n) is 10.5. The van der Waals surface area contributed by atoms with Gasteiger partial charge in [-0.25, -0.2) is 0 Å². The molecule has 0 saturated carbocycles. The highest BCUT2D eigenvalue weighted by molar-refractivity contribution is 6.30. The number of hydrogen-bond donors (Lipinski definition) is 0. The van der Waals surface area contributed by atoms with Gasteiger partial charge in [0.15, 0.2) is 11.6 Å². The maximum absolute atomic E-state index is 12.5. The molecule has 1 aromatic heterocycles. The molecule has 0 atom stereocenters. The molecule has 0 spiro atoms. The van der Waals surface area contributed by atoms with Crippen LogP contribution in [0.15, 0.2) is 59.2 Å². The van der Waals surface area contributed by atoms with E-state index < -0.39 is 5.92 Å². The fraction of sp³-hybridized carbons (Fsp3) is 0.0588. The van der Waals surface area contributed by atoms with Gasteiger partial charge in [-0.3, -0.25) is 9.59 Å². The summed E-state index contributed by atoms with van der Waals surface area (Å²) in [5.74, 6) is -1.05. The SMILES string of the molecule is O=C1c2ccccc2C(=O)C1c1coc2ccccc12. The van der Waals surface area contributed by atoms with Crippen molar-refractivity contribution >= 4 is 22.5 Å². The first-order chi connectivity index (χ1) is 9.77. The number of rotatable bonds is 1. The van der Waals surface area contributed by atoms with Crippen molar-refractivity contribution in [2.24, 2.45) is 0 Å². The summed E-state index contributed by atoms with van der Waals surface area (Å²) in [6.45, 7) is 0. The van der Waals surface area contributed by atoms with Crippen molar-refractivity contribution in [3.63, 3.8) is 0 Å². The monoisotopic (exact) mass is 262 g/mol. The first-order valence-electron chi connectivity index (χ1n) is 6.41. The maximum atomic E-state index is 12.5. The third-order valence-electron chi connectivity index (χ3n) is 3.80. The number of ketones is 2. The fourth-order valence-corrected chi connectivity index (χ4v) is 2.85. The first kappa shape index (κ1) is 11.2. The predicted octanol–water partition coefficient (Wildman–Crippen LogP) is 3.60. The molecule has 4 rings (SSSR count). The second kappa shape index (κ2) is 3.90. The molecular formula is C17H10O3. The number of carbonyl (C=O) groups excluding carboxylic acids is 2. The summed E-state index contributed by atoms with van der Waals surface area (Å²) >= 11 is 0. The Morgan fingerprint density at radius 1 is 0.800 bits per heavy atom. The highest BCUT2D eigenvalue weighted by Gasteiger charge is 2.40. The Labute approximate surface area is 114 Å². The molecule has 3 heteroatoms. The van der Waals surface area contributed by atoms with Crippen LogP contribution in [0.1, 0.15) is 32.2 Å². The third kappa shape index (κ3) is 1.35. The lowest BCUT2D eigenvalue weighted by Gasteiger charge is -2.04. The molecule has 0 radical (unpaired) electrons. The van der Waals surface area contributed by atoms with E-state index in [0.717, 1.165) is 5.39 Å². The van der Waals surface area contributed by atoms with Gasteiger partial charge in [0.05, 0.1) is 6.26 Å². The van der Waals surface area contributed by atoms with Gasteiger partial charge in [0.2, 0.25) is 0 Å². The molecule has 0 N–H and O–H groups in total. The van der Waals surface area contributed by atoms with Gasteiger partial charge in [-0.2, -0.15) is 0 Å². The molecule has 1 heterocycles. The Hall–Kier alpha value is -2.68. The second-order valence-electron chi connectivity index (χ2n) is 4.89. The van der Waals surface area contributed by atoms with Gasteiger partial charge >= 0.3 is 0 Å². The van der Waals surface area contributed by atoms with Gasteiger partial charge in [-0.15, -0.1) is 0 Å². The van der Waals surface area contributed by atoms with Gasteiger partial charge in [0, 0.05) is 22.1 Å². The molecule has 0 aliphatic heterocycles. The minimum atomic E-state index is -0.768. The van der Waals surface area contributed by atoms with E-state index in [2.05, 4.69) is 0 Å². The van der Waals surface area contributed by atoms with Crippen molar-refractivity contribution in [3.05, 3.63) is 71.5 Å². The van der Waals surface area contributed by atoms with Gasteiger partial charge < -0.3 is 4.42 Å². The van der Waals surface area contributed by atoms with E-state index in [1.54, 1.807) is 24.3 Å². The highest BCUT2D eigenvalue weighted by atomic mass is 16.3. The molecule has 1 aliphatic carbocycles. The smallest absolute Gasteiger partial charge is 0.178 e. The van der Waals surface area contributed by atoms with Crippen LogP contribution >= 0.6 is 0 Å². The molecule has 0 unspecified atom stereocenters. The number of carbonyl (C=O) groups is 2. The number of fused-ring (bicyclic) bond motifs is 2. The molecule has 2 aromatic carbocycles. The van der Waals surface area contributed by atoms with Gasteiger partial charge in [-0.05, 0) is 6.07 Å². The summed E-state index contributed by atoms with van der Waals surface area (Å²) in [5.41, 5.74) is 2.37. The molecule has 20 heavy (non-hydrogen) atoms. The van der Waals surface area contributed by atoms with E-state index in [4.69, 9.17) is 4.42 Å². The van der Waals surface area contributed by atoms with Crippen molar-refractivity contribution in [2.45, 2.75) is 5.92 Å². The van der Waals surface area contributed by atoms with E-state index in [-0.39, 0.29) is 11.6 Å². The summed E-state index contributed by atoms with van der Waals surface area (Å²) in [7, 11) is 0. The van der Waals surface area contributed by atoms with Crippen LogP contribution in [-0.4, -0.2) is 11.6 Å². The number of hydrogen-bond acceptors (Lipinski definition) is 3. The van der Waals surface area contributed by atoms with Gasteiger partial charge in [-0.1, -0.05) is 42.5 Å². The lowest BCUT2D eigenvalue weighted by atomic mass is 9.94. The van der Waals surface area contributed by atoms with Gasteiger partial charge in [0.1, 0.15) is 11.5 Å². The average molecular weight is 262 g/mol. The van der Waals surface area contributed by atoms with Crippen LogP contribution in [0, 0.1) is 0 Å². The normalized spacial score (nSPS) is 15.0. The maximum Gasteiger partial charge on any atom is 0.178 e. The molecule has 3 nitrogen and oxygen atoms in total. The molecule has 0 amide bonds. The minimum absolute atomic E-state index is 0.142. The largest absolute Gasteiger partial charge is 0.464 e. The van der Waals surface area contributed by atoms with Crippen molar-refractivity contribution in [1.29, 1.82) is 0 Å². The van der Waals surface area contributed by atoms with E-state index in [0.29, 0.717) is 22.3 Å². The lowest BCUT2D eigenvalue weighted by Crippen LogP contribution is -2.12. The van der Waals surface area contributed by atoms with Crippen LogP contribution in [0.25, 0.3) is 11.0 Å². The van der Waals surface area contributed by atoms with Crippen LogP contribution in [0.3, 0.4) is 0 Å². The molecule has 96 valence electrons. The van der Waals surface area contributed by atoms with Crippen LogP contribution in [-0.2, 0) is 0 Å². The Kier molecular flexibility index (Phi) is 2.18. The van der Waals surface area contributed by atoms with Crippen LogP contribution in [0.5, 0.6) is 0 Å². The van der Waals surface area contributed by atoms with E-state index in [1.807, 2.05) is 24.3 Å². The summed E-state index contributed by atoms with van der Waals surface area (Å²) in [4.78, 5) is 25.0. The second-order valence-corrected chi connectivity index (χ2v) is 4.89. The molecule has 3 aromatic rings. The molecule has 1 aliphatic rings. The van der Waals surface area contributed by atoms with Crippen LogP contribution < -0.4 is 0 Å². The lowest BCUT2D eigenvalue weighted by molar-refractivity contribution is 0.0890. The molecule has 0 fully saturated rings. The quantitative estimate of drug-likeness (QED) is 0.629. The van der Waals surface area contributed by atoms with E-state index in [9.17, 15) is 9.59 Å². The number of para-hydroxylation sites is 1. The van der Waals surface area contributed by atoms with Crippen molar-refractivity contribution in [1.82, 2.24) is 0 Å². The van der Waals surface area contributed by atoms with Crippen LogP contribution in [0.2, 0.25) is 0 Å². The van der Waals surface area contributed by atoms with E-state index in [1.165, 1.54) is 6.26 Å².